The molecule has 152 valence electrons. The van der Waals surface area contributed by atoms with Crippen molar-refractivity contribution >= 4 is 44.8 Å². The van der Waals surface area contributed by atoms with Gasteiger partial charge in [-0.15, -0.1) is 0 Å². The second kappa shape index (κ2) is 9.60. The van der Waals surface area contributed by atoms with Crippen molar-refractivity contribution in [2.75, 3.05) is 18.5 Å². The molecule has 0 fully saturated rings. The highest BCUT2D eigenvalue weighted by Crippen LogP contribution is 2.26. The summed E-state index contributed by atoms with van der Waals surface area (Å²) in [6.45, 7) is 5.66. The van der Waals surface area contributed by atoms with Crippen molar-refractivity contribution in [3.8, 4) is 5.75 Å². The zero-order valence-electron chi connectivity index (χ0n) is 15.8. The van der Waals surface area contributed by atoms with Crippen LogP contribution >= 0.6 is 23.2 Å². The van der Waals surface area contributed by atoms with Crippen LogP contribution in [-0.4, -0.2) is 27.5 Å². The van der Waals surface area contributed by atoms with E-state index in [9.17, 15) is 13.2 Å². The molecule has 1 amide bonds. The molecule has 2 aromatic rings. The molecule has 6 nitrogen and oxygen atoms in total. The van der Waals surface area contributed by atoms with Crippen LogP contribution in [0, 0.1) is 12.8 Å². The summed E-state index contributed by atoms with van der Waals surface area (Å²) in [7, 11) is -3.59. The van der Waals surface area contributed by atoms with Crippen LogP contribution in [0.1, 0.15) is 19.4 Å². The average molecular weight is 445 g/mol. The number of nitrogens with one attached hydrogen (secondary N) is 2. The lowest BCUT2D eigenvalue weighted by molar-refractivity contribution is -0.118. The van der Waals surface area contributed by atoms with Gasteiger partial charge in [-0.2, -0.15) is 0 Å². The first-order chi connectivity index (χ1) is 13.1. The normalized spacial score (nSPS) is 11.5. The highest BCUT2D eigenvalue weighted by atomic mass is 35.5. The van der Waals surface area contributed by atoms with Crippen LogP contribution in [0.4, 0.5) is 5.69 Å². The largest absolute Gasteiger partial charge is 0.483 e. The van der Waals surface area contributed by atoms with Gasteiger partial charge in [0.15, 0.2) is 6.61 Å². The molecule has 2 rings (SSSR count). The molecular formula is C19H22Cl2N2O4S. The van der Waals surface area contributed by atoms with Crippen molar-refractivity contribution in [1.29, 1.82) is 0 Å². The lowest BCUT2D eigenvalue weighted by Crippen LogP contribution is -2.27. The molecule has 0 saturated heterocycles. The molecule has 0 aromatic heterocycles. The molecule has 0 atom stereocenters. The van der Waals surface area contributed by atoms with Gasteiger partial charge in [-0.1, -0.05) is 37.0 Å². The van der Waals surface area contributed by atoms with Crippen molar-refractivity contribution < 1.29 is 17.9 Å². The fraction of sp³-hybridized carbons (Fsp3) is 0.316. The monoisotopic (exact) mass is 444 g/mol. The first kappa shape index (κ1) is 22.5. The Labute approximate surface area is 175 Å². The van der Waals surface area contributed by atoms with Crippen LogP contribution in [0.5, 0.6) is 5.75 Å². The molecular weight excluding hydrogens is 423 g/mol. The van der Waals surface area contributed by atoms with E-state index in [2.05, 4.69) is 10.0 Å². The number of rotatable bonds is 8. The van der Waals surface area contributed by atoms with E-state index in [0.29, 0.717) is 33.6 Å². The SMILES string of the molecule is Cc1cc(S(=O)(=O)NCC(C)C)ccc1OCC(=O)Nc1ccc(Cl)cc1Cl. The lowest BCUT2D eigenvalue weighted by atomic mass is 10.2. The van der Waals surface area contributed by atoms with E-state index >= 15 is 0 Å². The third kappa shape index (κ3) is 6.38. The number of ether oxygens (including phenoxy) is 1. The summed E-state index contributed by atoms with van der Waals surface area (Å²) < 4.78 is 32.6. The maximum absolute atomic E-state index is 12.3. The summed E-state index contributed by atoms with van der Waals surface area (Å²) in [5, 5.41) is 3.42. The Morgan fingerprint density at radius 1 is 1.14 bits per heavy atom. The summed E-state index contributed by atoms with van der Waals surface area (Å²) in [5.41, 5.74) is 1.03. The molecule has 0 spiro atoms. The number of anilines is 1. The molecule has 0 unspecified atom stereocenters. The van der Waals surface area contributed by atoms with Gasteiger partial charge in [-0.25, -0.2) is 13.1 Å². The molecule has 28 heavy (non-hydrogen) atoms. The lowest BCUT2D eigenvalue weighted by Gasteiger charge is -2.13. The zero-order chi connectivity index (χ0) is 20.9. The van der Waals surface area contributed by atoms with Crippen molar-refractivity contribution in [1.82, 2.24) is 4.72 Å². The predicted molar refractivity (Wildman–Crippen MR) is 112 cm³/mol. The third-order valence-electron chi connectivity index (χ3n) is 3.70. The Kier molecular flexibility index (Phi) is 7.71. The highest BCUT2D eigenvalue weighted by molar-refractivity contribution is 7.89. The number of carbonyl (C=O) groups excluding carboxylic acids is 1. The van der Waals surface area contributed by atoms with E-state index < -0.39 is 15.9 Å². The van der Waals surface area contributed by atoms with E-state index in [-0.39, 0.29) is 17.4 Å². The number of carbonyl (C=O) groups is 1. The predicted octanol–water partition coefficient (Wildman–Crippen LogP) is 4.25. The third-order valence-corrected chi connectivity index (χ3v) is 5.67. The van der Waals surface area contributed by atoms with Crippen LogP contribution in [0.3, 0.4) is 0 Å². The number of halogens is 2. The molecule has 0 radical (unpaired) electrons. The minimum atomic E-state index is -3.59. The Morgan fingerprint density at radius 3 is 2.46 bits per heavy atom. The number of amides is 1. The molecule has 0 bridgehead atoms. The van der Waals surface area contributed by atoms with Crippen LogP contribution in [0.15, 0.2) is 41.3 Å². The molecule has 0 aliphatic rings. The summed E-state index contributed by atoms with van der Waals surface area (Å²) in [4.78, 5) is 12.2. The molecule has 0 aliphatic carbocycles. The fourth-order valence-corrected chi connectivity index (χ4v) is 3.99. The highest BCUT2D eigenvalue weighted by Gasteiger charge is 2.16. The fourth-order valence-electron chi connectivity index (χ4n) is 2.23. The standard InChI is InChI=1S/C19H22Cl2N2O4S/c1-12(2)10-22-28(25,26)15-5-7-18(13(3)8-15)27-11-19(24)23-17-6-4-14(20)9-16(17)21/h4-9,12,22H,10-11H2,1-3H3,(H,23,24). The number of hydrogen-bond donors (Lipinski definition) is 2. The van der Waals surface area contributed by atoms with Gasteiger partial charge in [0.25, 0.3) is 5.91 Å². The van der Waals surface area contributed by atoms with E-state index in [1.54, 1.807) is 19.1 Å². The maximum atomic E-state index is 12.3. The van der Waals surface area contributed by atoms with Crippen molar-refractivity contribution in [3.05, 3.63) is 52.0 Å². The van der Waals surface area contributed by atoms with E-state index in [0.717, 1.165) is 0 Å². The molecule has 0 aliphatic heterocycles. The number of benzene rings is 2. The van der Waals surface area contributed by atoms with Crippen LogP contribution < -0.4 is 14.8 Å². The first-order valence-corrected chi connectivity index (χ1v) is 10.8. The van der Waals surface area contributed by atoms with Gasteiger partial charge in [0.05, 0.1) is 15.6 Å². The van der Waals surface area contributed by atoms with Crippen LogP contribution in [0.2, 0.25) is 10.0 Å². The minimum absolute atomic E-state index is 0.149. The van der Waals surface area contributed by atoms with E-state index in [4.69, 9.17) is 27.9 Å². The summed E-state index contributed by atoms with van der Waals surface area (Å²) in [6.07, 6.45) is 0. The minimum Gasteiger partial charge on any atom is -0.483 e. The molecule has 9 heteroatoms. The van der Waals surface area contributed by atoms with Crippen molar-refractivity contribution in [3.63, 3.8) is 0 Å². The van der Waals surface area contributed by atoms with Gasteiger partial charge in [-0.3, -0.25) is 4.79 Å². The molecule has 2 aromatic carbocycles. The quantitative estimate of drug-likeness (QED) is 0.636. The van der Waals surface area contributed by atoms with E-state index in [1.807, 2.05) is 13.8 Å². The average Bonchev–Trinajstić information content (AvgIpc) is 2.61. The summed E-state index contributed by atoms with van der Waals surface area (Å²) in [6, 6.07) is 9.21. The smallest absolute Gasteiger partial charge is 0.262 e. The van der Waals surface area contributed by atoms with Crippen molar-refractivity contribution in [2.24, 2.45) is 5.92 Å². The maximum Gasteiger partial charge on any atom is 0.262 e. The van der Waals surface area contributed by atoms with Gasteiger partial charge in [0.2, 0.25) is 10.0 Å². The van der Waals surface area contributed by atoms with Crippen LogP contribution in [0.25, 0.3) is 0 Å². The van der Waals surface area contributed by atoms with Gasteiger partial charge >= 0.3 is 0 Å². The molecule has 0 saturated carbocycles. The zero-order valence-corrected chi connectivity index (χ0v) is 18.1. The van der Waals surface area contributed by atoms with Gasteiger partial charge < -0.3 is 10.1 Å². The Hall–Kier alpha value is -1.80. The number of aryl methyl sites for hydroxylation is 1. The summed E-state index contributed by atoms with van der Waals surface area (Å²) in [5.74, 6) is 0.213. The second-order valence-corrected chi connectivity index (χ2v) is 9.24. The Balaban J connectivity index is 2.00. The molecule has 0 heterocycles. The number of hydrogen-bond acceptors (Lipinski definition) is 4. The van der Waals surface area contributed by atoms with Gasteiger partial charge in [-0.05, 0) is 54.8 Å². The van der Waals surface area contributed by atoms with E-state index in [1.165, 1.54) is 24.3 Å². The topological polar surface area (TPSA) is 84.5 Å². The number of sulfonamides is 1. The second-order valence-electron chi connectivity index (χ2n) is 6.63. The Bertz CT molecular complexity index is 962. The van der Waals surface area contributed by atoms with Crippen LogP contribution in [-0.2, 0) is 14.8 Å². The van der Waals surface area contributed by atoms with Gasteiger partial charge in [0, 0.05) is 11.6 Å². The Morgan fingerprint density at radius 2 is 1.86 bits per heavy atom. The van der Waals surface area contributed by atoms with Gasteiger partial charge in [0.1, 0.15) is 5.75 Å². The van der Waals surface area contributed by atoms with Crippen molar-refractivity contribution in [2.45, 2.75) is 25.7 Å². The summed E-state index contributed by atoms with van der Waals surface area (Å²) >= 11 is 11.8. The molecule has 2 N–H and O–H groups in total. The first-order valence-electron chi connectivity index (χ1n) is 8.56.